The average Bonchev–Trinajstić information content (AvgIpc) is 3.02. The molecule has 5 nitrogen and oxygen atoms in total. The maximum Gasteiger partial charge on any atom is 0.256 e. The lowest BCUT2D eigenvalue weighted by atomic mass is 10.1. The lowest BCUT2D eigenvalue weighted by Gasteiger charge is -2.12. The van der Waals surface area contributed by atoms with Gasteiger partial charge in [0, 0.05) is 28.6 Å². The molecule has 23 heavy (non-hydrogen) atoms. The minimum atomic E-state index is -0.290. The van der Waals surface area contributed by atoms with Crippen LogP contribution in [0.3, 0.4) is 0 Å². The summed E-state index contributed by atoms with van der Waals surface area (Å²) in [6.07, 6.45) is 0.783. The second-order valence-electron chi connectivity index (χ2n) is 5.10. The highest BCUT2D eigenvalue weighted by molar-refractivity contribution is 6.31. The smallest absolute Gasteiger partial charge is 0.256 e. The summed E-state index contributed by atoms with van der Waals surface area (Å²) in [5.41, 5.74) is 1.99. The molecule has 0 fully saturated rings. The second-order valence-corrected chi connectivity index (χ2v) is 5.53. The van der Waals surface area contributed by atoms with E-state index in [1.807, 2.05) is 6.07 Å². The van der Waals surface area contributed by atoms with E-state index in [1.54, 1.807) is 24.3 Å². The van der Waals surface area contributed by atoms with Crippen molar-refractivity contribution in [3.05, 3.63) is 46.5 Å². The highest BCUT2D eigenvalue weighted by atomic mass is 35.5. The molecule has 2 aromatic rings. The van der Waals surface area contributed by atoms with Gasteiger partial charge in [-0.2, -0.15) is 0 Å². The number of carbonyl (C=O) groups is 1. The molecule has 0 aliphatic carbocycles. The number of methoxy groups -OCH3 is 2. The van der Waals surface area contributed by atoms with Crippen LogP contribution in [-0.4, -0.2) is 26.7 Å². The fraction of sp³-hybridized carbons (Fsp3) is 0.235. The first-order chi connectivity index (χ1) is 11.1. The predicted molar refractivity (Wildman–Crippen MR) is 88.2 cm³/mol. The minimum Gasteiger partial charge on any atom is -0.497 e. The third kappa shape index (κ3) is 3.19. The number of rotatable bonds is 4. The van der Waals surface area contributed by atoms with Gasteiger partial charge in [-0.1, -0.05) is 11.6 Å². The van der Waals surface area contributed by atoms with Crippen LogP contribution in [0.25, 0.3) is 0 Å². The third-order valence-corrected chi connectivity index (χ3v) is 3.83. The Hall–Kier alpha value is -2.40. The summed E-state index contributed by atoms with van der Waals surface area (Å²) in [4.78, 5) is 12.5. The molecule has 1 aliphatic rings. The molecule has 1 aliphatic heterocycles. The lowest BCUT2D eigenvalue weighted by molar-refractivity contribution is 0.102. The molecule has 120 valence electrons. The van der Waals surface area contributed by atoms with Crippen molar-refractivity contribution >= 4 is 23.2 Å². The Labute approximate surface area is 139 Å². The zero-order valence-electron chi connectivity index (χ0n) is 12.8. The van der Waals surface area contributed by atoms with Crippen LogP contribution < -0.4 is 19.5 Å². The second kappa shape index (κ2) is 6.38. The summed E-state index contributed by atoms with van der Waals surface area (Å²) in [5.74, 6) is 1.48. The topological polar surface area (TPSA) is 56.8 Å². The Morgan fingerprint density at radius 2 is 1.83 bits per heavy atom. The van der Waals surface area contributed by atoms with Gasteiger partial charge in [-0.3, -0.25) is 4.79 Å². The van der Waals surface area contributed by atoms with E-state index in [0.29, 0.717) is 40.1 Å². The summed E-state index contributed by atoms with van der Waals surface area (Å²) in [6, 6.07) is 8.53. The van der Waals surface area contributed by atoms with Crippen LogP contribution in [0, 0.1) is 0 Å². The van der Waals surface area contributed by atoms with Gasteiger partial charge in [0.05, 0.1) is 26.5 Å². The molecule has 2 aromatic carbocycles. The highest BCUT2D eigenvalue weighted by Crippen LogP contribution is 2.37. The SMILES string of the molecule is COc1cc(OC)cc(C(=O)Nc2cc(Cl)cc3c2OCC3)c1. The Morgan fingerprint density at radius 3 is 2.48 bits per heavy atom. The van der Waals surface area contributed by atoms with Crippen molar-refractivity contribution in [2.24, 2.45) is 0 Å². The van der Waals surface area contributed by atoms with Crippen molar-refractivity contribution in [1.29, 1.82) is 0 Å². The summed E-state index contributed by atoms with van der Waals surface area (Å²) < 4.78 is 16.0. The fourth-order valence-electron chi connectivity index (χ4n) is 2.50. The number of fused-ring (bicyclic) bond motifs is 1. The molecule has 0 radical (unpaired) electrons. The standard InChI is InChI=1S/C17H16ClNO4/c1-21-13-6-11(7-14(9-13)22-2)17(20)19-15-8-12(18)5-10-3-4-23-16(10)15/h5-9H,3-4H2,1-2H3,(H,19,20). The van der Waals surface area contributed by atoms with Gasteiger partial charge in [0.25, 0.3) is 5.91 Å². The van der Waals surface area contributed by atoms with Crippen LogP contribution in [-0.2, 0) is 6.42 Å². The molecule has 0 aromatic heterocycles. The number of hydrogen-bond donors (Lipinski definition) is 1. The van der Waals surface area contributed by atoms with E-state index in [4.69, 9.17) is 25.8 Å². The first kappa shape index (κ1) is 15.5. The van der Waals surface area contributed by atoms with Gasteiger partial charge in [0.2, 0.25) is 0 Å². The first-order valence-electron chi connectivity index (χ1n) is 7.10. The van der Waals surface area contributed by atoms with Crippen molar-refractivity contribution in [1.82, 2.24) is 0 Å². The zero-order valence-corrected chi connectivity index (χ0v) is 13.6. The summed E-state index contributed by atoms with van der Waals surface area (Å²) >= 11 is 6.11. The Bertz CT molecular complexity index is 738. The molecule has 1 amide bonds. The summed E-state index contributed by atoms with van der Waals surface area (Å²) in [6.45, 7) is 0.589. The van der Waals surface area contributed by atoms with Gasteiger partial charge in [0.15, 0.2) is 0 Å². The van der Waals surface area contributed by atoms with E-state index >= 15 is 0 Å². The molecular formula is C17H16ClNO4. The van der Waals surface area contributed by atoms with E-state index in [-0.39, 0.29) is 5.91 Å². The summed E-state index contributed by atoms with van der Waals surface area (Å²) in [7, 11) is 3.07. The van der Waals surface area contributed by atoms with Crippen LogP contribution in [0.1, 0.15) is 15.9 Å². The number of ether oxygens (including phenoxy) is 3. The third-order valence-electron chi connectivity index (χ3n) is 3.61. The first-order valence-corrected chi connectivity index (χ1v) is 7.48. The molecule has 3 rings (SSSR count). The molecule has 0 bridgehead atoms. The number of benzene rings is 2. The van der Waals surface area contributed by atoms with Crippen molar-refractivity contribution < 1.29 is 19.0 Å². The van der Waals surface area contributed by atoms with E-state index in [0.717, 1.165) is 12.0 Å². The average molecular weight is 334 g/mol. The maximum absolute atomic E-state index is 12.5. The van der Waals surface area contributed by atoms with Crippen molar-refractivity contribution in [3.8, 4) is 17.2 Å². The van der Waals surface area contributed by atoms with Gasteiger partial charge in [-0.15, -0.1) is 0 Å². The van der Waals surface area contributed by atoms with Crippen LogP contribution in [0.5, 0.6) is 17.2 Å². The zero-order chi connectivity index (χ0) is 16.4. The van der Waals surface area contributed by atoms with Crippen molar-refractivity contribution in [3.63, 3.8) is 0 Å². The molecule has 1 N–H and O–H groups in total. The van der Waals surface area contributed by atoms with Gasteiger partial charge < -0.3 is 19.5 Å². The van der Waals surface area contributed by atoms with Crippen LogP contribution in [0.4, 0.5) is 5.69 Å². The number of amides is 1. The Kier molecular flexibility index (Phi) is 4.30. The number of hydrogen-bond acceptors (Lipinski definition) is 4. The summed E-state index contributed by atoms with van der Waals surface area (Å²) in [5, 5.41) is 3.41. The Morgan fingerprint density at radius 1 is 1.13 bits per heavy atom. The molecule has 0 atom stereocenters. The van der Waals surface area contributed by atoms with E-state index in [1.165, 1.54) is 14.2 Å². The quantitative estimate of drug-likeness (QED) is 0.929. The van der Waals surface area contributed by atoms with Crippen molar-refractivity contribution in [2.45, 2.75) is 6.42 Å². The van der Waals surface area contributed by atoms with Gasteiger partial charge in [0.1, 0.15) is 17.2 Å². The molecule has 0 spiro atoms. The lowest BCUT2D eigenvalue weighted by Crippen LogP contribution is -2.13. The molecule has 1 heterocycles. The Balaban J connectivity index is 1.91. The van der Waals surface area contributed by atoms with Crippen LogP contribution in [0.15, 0.2) is 30.3 Å². The minimum absolute atomic E-state index is 0.290. The van der Waals surface area contributed by atoms with Gasteiger partial charge in [-0.25, -0.2) is 0 Å². The maximum atomic E-state index is 12.5. The van der Waals surface area contributed by atoms with Crippen LogP contribution >= 0.6 is 11.6 Å². The number of anilines is 1. The van der Waals surface area contributed by atoms with Gasteiger partial charge in [-0.05, 0) is 24.3 Å². The molecule has 0 saturated heterocycles. The number of carbonyl (C=O) groups excluding carboxylic acids is 1. The largest absolute Gasteiger partial charge is 0.497 e. The van der Waals surface area contributed by atoms with E-state index < -0.39 is 0 Å². The predicted octanol–water partition coefficient (Wildman–Crippen LogP) is 3.54. The molecular weight excluding hydrogens is 318 g/mol. The molecule has 0 unspecified atom stereocenters. The molecule has 6 heteroatoms. The number of halogens is 1. The van der Waals surface area contributed by atoms with Crippen LogP contribution in [0.2, 0.25) is 5.02 Å². The number of nitrogens with one attached hydrogen (secondary N) is 1. The monoisotopic (exact) mass is 333 g/mol. The highest BCUT2D eigenvalue weighted by Gasteiger charge is 2.20. The normalized spacial score (nSPS) is 12.3. The van der Waals surface area contributed by atoms with Crippen molar-refractivity contribution in [2.75, 3.05) is 26.1 Å². The van der Waals surface area contributed by atoms with E-state index in [9.17, 15) is 4.79 Å². The fourth-order valence-corrected chi connectivity index (χ4v) is 2.74. The van der Waals surface area contributed by atoms with Gasteiger partial charge >= 0.3 is 0 Å². The van der Waals surface area contributed by atoms with E-state index in [2.05, 4.69) is 5.32 Å². The molecule has 0 saturated carbocycles.